The lowest BCUT2D eigenvalue weighted by molar-refractivity contribution is 0.270. The monoisotopic (exact) mass is 250 g/mol. The van der Waals surface area contributed by atoms with E-state index in [0.29, 0.717) is 11.8 Å². The Morgan fingerprint density at radius 1 is 1.28 bits per heavy atom. The average molecular weight is 250 g/mol. The van der Waals surface area contributed by atoms with E-state index in [9.17, 15) is 5.11 Å². The van der Waals surface area contributed by atoms with Crippen LogP contribution >= 0.6 is 0 Å². The molecule has 0 aliphatic rings. The first-order chi connectivity index (χ1) is 8.58. The van der Waals surface area contributed by atoms with E-state index >= 15 is 0 Å². The largest absolute Gasteiger partial charge is 0.507 e. The van der Waals surface area contributed by atoms with E-state index in [4.69, 9.17) is 0 Å². The zero-order valence-corrected chi connectivity index (χ0v) is 12.0. The number of phenolic OH excluding ortho intramolecular Hbond substituents is 1. The number of likely N-dealkylation sites (N-methyl/N-ethyl adjacent to an activating group) is 1. The van der Waals surface area contributed by atoms with Crippen LogP contribution in [-0.2, 0) is 6.54 Å². The molecule has 1 aromatic carbocycles. The summed E-state index contributed by atoms with van der Waals surface area (Å²) in [6.45, 7) is 12.4. The molecule has 1 aromatic rings. The highest BCUT2D eigenvalue weighted by Gasteiger charge is 2.08. The summed E-state index contributed by atoms with van der Waals surface area (Å²) in [5, 5.41) is 13.4. The molecule has 0 saturated heterocycles. The maximum Gasteiger partial charge on any atom is 0.122 e. The van der Waals surface area contributed by atoms with Gasteiger partial charge in [0.25, 0.3) is 0 Å². The summed E-state index contributed by atoms with van der Waals surface area (Å²) in [7, 11) is 0. The van der Waals surface area contributed by atoms with Gasteiger partial charge in [0, 0.05) is 24.7 Å². The van der Waals surface area contributed by atoms with E-state index < -0.39 is 0 Å². The average Bonchev–Trinajstić information content (AvgIpc) is 2.37. The quantitative estimate of drug-likeness (QED) is 0.780. The van der Waals surface area contributed by atoms with E-state index in [1.54, 1.807) is 0 Å². The van der Waals surface area contributed by atoms with Crippen LogP contribution in [0.25, 0.3) is 0 Å². The second kappa shape index (κ2) is 7.39. The molecule has 18 heavy (non-hydrogen) atoms. The standard InChI is InChI=1S/C15H26N2O/c1-5-17(6-2)11-13(4)16-10-14-9-7-8-12(3)15(14)18/h7-9,13,16,18H,5-6,10-11H2,1-4H3. The van der Waals surface area contributed by atoms with Gasteiger partial charge in [-0.25, -0.2) is 0 Å². The molecular formula is C15H26N2O. The third kappa shape index (κ3) is 4.31. The third-order valence-electron chi connectivity index (χ3n) is 3.39. The molecule has 0 aliphatic carbocycles. The van der Waals surface area contributed by atoms with E-state index in [0.717, 1.165) is 37.3 Å². The van der Waals surface area contributed by atoms with Crippen LogP contribution in [0.15, 0.2) is 18.2 Å². The number of para-hydroxylation sites is 1. The van der Waals surface area contributed by atoms with Gasteiger partial charge in [-0.05, 0) is 32.5 Å². The minimum absolute atomic E-state index is 0.417. The molecule has 102 valence electrons. The van der Waals surface area contributed by atoms with Crippen LogP contribution < -0.4 is 5.32 Å². The van der Waals surface area contributed by atoms with Gasteiger partial charge in [0.05, 0.1) is 0 Å². The number of nitrogens with zero attached hydrogens (tertiary/aromatic N) is 1. The highest BCUT2D eigenvalue weighted by molar-refractivity contribution is 5.39. The van der Waals surface area contributed by atoms with Gasteiger partial charge < -0.3 is 15.3 Å². The van der Waals surface area contributed by atoms with Crippen molar-refractivity contribution < 1.29 is 5.11 Å². The Morgan fingerprint density at radius 3 is 2.56 bits per heavy atom. The SMILES string of the molecule is CCN(CC)CC(C)NCc1cccc(C)c1O. The number of aryl methyl sites for hydroxylation is 1. The van der Waals surface area contributed by atoms with Crippen LogP contribution in [0.2, 0.25) is 0 Å². The Balaban J connectivity index is 2.47. The molecule has 0 heterocycles. The number of benzene rings is 1. The molecule has 0 fully saturated rings. The van der Waals surface area contributed by atoms with Crippen LogP contribution in [0.3, 0.4) is 0 Å². The molecule has 0 bridgehead atoms. The molecule has 2 N–H and O–H groups in total. The Morgan fingerprint density at radius 2 is 1.94 bits per heavy atom. The van der Waals surface area contributed by atoms with Crippen LogP contribution in [-0.4, -0.2) is 35.7 Å². The highest BCUT2D eigenvalue weighted by atomic mass is 16.3. The lowest BCUT2D eigenvalue weighted by Crippen LogP contribution is -2.38. The van der Waals surface area contributed by atoms with Crippen molar-refractivity contribution in [2.45, 2.75) is 40.3 Å². The van der Waals surface area contributed by atoms with Crippen LogP contribution in [0.4, 0.5) is 0 Å². The molecule has 0 aromatic heterocycles. The molecule has 0 saturated carbocycles. The first-order valence-corrected chi connectivity index (χ1v) is 6.81. The van der Waals surface area contributed by atoms with Gasteiger partial charge in [0.2, 0.25) is 0 Å². The Bertz CT molecular complexity index is 362. The molecule has 1 rings (SSSR count). The van der Waals surface area contributed by atoms with Crippen LogP contribution in [0.5, 0.6) is 5.75 Å². The summed E-state index contributed by atoms with van der Waals surface area (Å²) < 4.78 is 0. The van der Waals surface area contributed by atoms with Crippen molar-refractivity contribution in [2.24, 2.45) is 0 Å². The lowest BCUT2D eigenvalue weighted by Gasteiger charge is -2.23. The molecule has 1 unspecified atom stereocenters. The number of nitrogens with one attached hydrogen (secondary N) is 1. The number of rotatable bonds is 7. The van der Waals surface area contributed by atoms with E-state index in [2.05, 4.69) is 31.0 Å². The van der Waals surface area contributed by atoms with E-state index in [1.807, 2.05) is 25.1 Å². The predicted molar refractivity (Wildman–Crippen MR) is 76.9 cm³/mol. The van der Waals surface area contributed by atoms with Crippen molar-refractivity contribution in [2.75, 3.05) is 19.6 Å². The van der Waals surface area contributed by atoms with Crippen LogP contribution in [0.1, 0.15) is 31.9 Å². The van der Waals surface area contributed by atoms with Gasteiger partial charge in [-0.15, -0.1) is 0 Å². The summed E-state index contributed by atoms with van der Waals surface area (Å²) >= 11 is 0. The Kier molecular flexibility index (Phi) is 6.16. The maximum atomic E-state index is 9.93. The molecule has 0 radical (unpaired) electrons. The summed E-state index contributed by atoms with van der Waals surface area (Å²) in [5.74, 6) is 0.417. The van der Waals surface area contributed by atoms with E-state index in [1.165, 1.54) is 0 Å². The maximum absolute atomic E-state index is 9.93. The molecule has 0 aliphatic heterocycles. The minimum Gasteiger partial charge on any atom is -0.507 e. The number of aromatic hydroxyl groups is 1. The predicted octanol–water partition coefficient (Wildman–Crippen LogP) is 2.52. The summed E-state index contributed by atoms with van der Waals surface area (Å²) in [5.41, 5.74) is 1.91. The van der Waals surface area contributed by atoms with Crippen molar-refractivity contribution in [1.82, 2.24) is 10.2 Å². The summed E-state index contributed by atoms with van der Waals surface area (Å²) in [6, 6.07) is 6.31. The summed E-state index contributed by atoms with van der Waals surface area (Å²) in [4.78, 5) is 2.40. The van der Waals surface area contributed by atoms with Gasteiger partial charge in [0.15, 0.2) is 0 Å². The molecule has 3 nitrogen and oxygen atoms in total. The van der Waals surface area contributed by atoms with Gasteiger partial charge >= 0.3 is 0 Å². The fraction of sp³-hybridized carbons (Fsp3) is 0.600. The second-order valence-electron chi connectivity index (χ2n) is 4.85. The number of hydrogen-bond acceptors (Lipinski definition) is 3. The highest BCUT2D eigenvalue weighted by Crippen LogP contribution is 2.21. The fourth-order valence-corrected chi connectivity index (χ4v) is 2.08. The zero-order valence-electron chi connectivity index (χ0n) is 12.0. The first kappa shape index (κ1) is 15.0. The van der Waals surface area contributed by atoms with Gasteiger partial charge in [-0.1, -0.05) is 32.0 Å². The van der Waals surface area contributed by atoms with Crippen molar-refractivity contribution in [3.63, 3.8) is 0 Å². The molecular weight excluding hydrogens is 224 g/mol. The lowest BCUT2D eigenvalue weighted by atomic mass is 10.1. The molecule has 1 atom stereocenters. The third-order valence-corrected chi connectivity index (χ3v) is 3.39. The second-order valence-corrected chi connectivity index (χ2v) is 4.85. The van der Waals surface area contributed by atoms with Crippen molar-refractivity contribution in [3.05, 3.63) is 29.3 Å². The van der Waals surface area contributed by atoms with Crippen molar-refractivity contribution >= 4 is 0 Å². The Labute approximate surface area is 111 Å². The van der Waals surface area contributed by atoms with Crippen molar-refractivity contribution in [3.8, 4) is 5.75 Å². The van der Waals surface area contributed by atoms with E-state index in [-0.39, 0.29) is 0 Å². The summed E-state index contributed by atoms with van der Waals surface area (Å²) in [6.07, 6.45) is 0. The molecule has 0 amide bonds. The van der Waals surface area contributed by atoms with Gasteiger partial charge in [-0.3, -0.25) is 0 Å². The molecule has 0 spiro atoms. The minimum atomic E-state index is 0.417. The molecule has 3 heteroatoms. The smallest absolute Gasteiger partial charge is 0.122 e. The number of phenols is 1. The zero-order chi connectivity index (χ0) is 13.5. The Hall–Kier alpha value is -1.06. The fourth-order valence-electron chi connectivity index (χ4n) is 2.08. The first-order valence-electron chi connectivity index (χ1n) is 6.81. The number of hydrogen-bond donors (Lipinski definition) is 2. The van der Waals surface area contributed by atoms with Gasteiger partial charge in [0.1, 0.15) is 5.75 Å². The normalized spacial score (nSPS) is 12.9. The van der Waals surface area contributed by atoms with Crippen molar-refractivity contribution in [1.29, 1.82) is 0 Å². The van der Waals surface area contributed by atoms with Crippen LogP contribution in [0, 0.1) is 6.92 Å². The topological polar surface area (TPSA) is 35.5 Å². The van der Waals surface area contributed by atoms with Gasteiger partial charge in [-0.2, -0.15) is 0 Å².